The molecule has 0 fully saturated rings. The number of nitrogens with zero attached hydrogens (tertiary/aromatic N) is 1. The number of nitrogens with one attached hydrogen (secondary N) is 2. The van der Waals surface area contributed by atoms with E-state index in [1.165, 1.54) is 6.20 Å². The quantitative estimate of drug-likeness (QED) is 0.635. The lowest BCUT2D eigenvalue weighted by Gasteiger charge is -2.04. The van der Waals surface area contributed by atoms with Crippen LogP contribution < -0.4 is 10.6 Å². The monoisotopic (exact) mass is 259 g/mol. The van der Waals surface area contributed by atoms with Crippen molar-refractivity contribution in [2.75, 3.05) is 11.9 Å². The molecule has 0 unspecified atom stereocenters. The third-order valence-corrected chi connectivity index (χ3v) is 2.01. The number of hydrogen-bond acceptors (Lipinski definition) is 5. The molecule has 98 valence electrons. The van der Waals surface area contributed by atoms with Crippen molar-refractivity contribution in [1.82, 2.24) is 5.32 Å². The number of alkyl carbamates (subject to hydrolysis) is 1. The molecule has 0 radical (unpaired) electrons. The van der Waals surface area contributed by atoms with E-state index in [0.717, 1.165) is 5.69 Å². The van der Waals surface area contributed by atoms with Crippen LogP contribution in [-0.4, -0.2) is 18.6 Å². The largest absolute Gasteiger partial charge is 0.450 e. The predicted molar refractivity (Wildman–Crippen MR) is 68.9 cm³/mol. The van der Waals surface area contributed by atoms with Gasteiger partial charge in [0, 0.05) is 11.9 Å². The average molecular weight is 259 g/mol. The molecular weight excluding hydrogens is 246 g/mol. The second-order valence-electron chi connectivity index (χ2n) is 3.35. The van der Waals surface area contributed by atoms with E-state index in [1.54, 1.807) is 37.3 Å². The summed E-state index contributed by atoms with van der Waals surface area (Å²) in [6.45, 7) is 1.76. The van der Waals surface area contributed by atoms with Gasteiger partial charge in [-0.3, -0.25) is 10.1 Å². The van der Waals surface area contributed by atoms with Crippen molar-refractivity contribution < 1.29 is 14.3 Å². The summed E-state index contributed by atoms with van der Waals surface area (Å²) < 4.78 is 4.54. The Balaban J connectivity index is 2.65. The molecule has 6 nitrogen and oxygen atoms in total. The number of para-hydroxylation sites is 1. The number of carbonyl (C=O) groups is 2. The van der Waals surface area contributed by atoms with Crippen molar-refractivity contribution in [2.45, 2.75) is 6.92 Å². The molecule has 19 heavy (non-hydrogen) atoms. The van der Waals surface area contributed by atoms with Crippen molar-refractivity contribution in [3.63, 3.8) is 0 Å². The Morgan fingerprint density at radius 3 is 2.63 bits per heavy atom. The molecule has 0 aliphatic carbocycles. The standard InChI is InChI=1S/C13H13N3O3/c1-2-19-13(18)16-12(17)10(8-14)9-15-11-6-4-3-5-7-11/h3-7,9,15H,2H2,1H3,(H,16,17,18)/b10-9-. The van der Waals surface area contributed by atoms with Crippen LogP contribution in [0.1, 0.15) is 6.92 Å². The van der Waals surface area contributed by atoms with Crippen LogP contribution in [0, 0.1) is 11.3 Å². The number of amides is 2. The van der Waals surface area contributed by atoms with Gasteiger partial charge in [-0.25, -0.2) is 4.79 Å². The van der Waals surface area contributed by atoms with Gasteiger partial charge in [-0.15, -0.1) is 0 Å². The summed E-state index contributed by atoms with van der Waals surface area (Å²) in [5.41, 5.74) is 0.496. The number of imide groups is 1. The van der Waals surface area contributed by atoms with E-state index in [4.69, 9.17) is 5.26 Å². The lowest BCUT2D eigenvalue weighted by molar-refractivity contribution is -0.116. The first-order valence-corrected chi connectivity index (χ1v) is 5.57. The van der Waals surface area contributed by atoms with Gasteiger partial charge in [0.2, 0.25) is 0 Å². The van der Waals surface area contributed by atoms with Gasteiger partial charge in [-0.2, -0.15) is 5.26 Å². The molecule has 0 heterocycles. The van der Waals surface area contributed by atoms with Gasteiger partial charge < -0.3 is 10.1 Å². The number of carbonyl (C=O) groups excluding carboxylic acids is 2. The summed E-state index contributed by atoms with van der Waals surface area (Å²) in [5.74, 6) is -0.815. The van der Waals surface area contributed by atoms with E-state index in [2.05, 4.69) is 10.1 Å². The molecule has 0 spiro atoms. The highest BCUT2D eigenvalue weighted by atomic mass is 16.5. The van der Waals surface area contributed by atoms with E-state index in [9.17, 15) is 9.59 Å². The van der Waals surface area contributed by atoms with Crippen LogP contribution in [-0.2, 0) is 9.53 Å². The maximum atomic E-state index is 11.5. The number of benzene rings is 1. The van der Waals surface area contributed by atoms with Crippen LogP contribution in [0.2, 0.25) is 0 Å². The molecule has 0 saturated heterocycles. The zero-order valence-corrected chi connectivity index (χ0v) is 10.3. The highest BCUT2D eigenvalue weighted by Crippen LogP contribution is 2.05. The molecular formula is C13H13N3O3. The first kappa shape index (κ1) is 14.3. The van der Waals surface area contributed by atoms with Crippen LogP contribution in [0.25, 0.3) is 0 Å². The zero-order valence-electron chi connectivity index (χ0n) is 10.3. The van der Waals surface area contributed by atoms with Gasteiger partial charge in [0.25, 0.3) is 5.91 Å². The maximum absolute atomic E-state index is 11.5. The molecule has 0 aliphatic heterocycles. The van der Waals surface area contributed by atoms with Gasteiger partial charge in [-0.1, -0.05) is 18.2 Å². The Morgan fingerprint density at radius 1 is 1.37 bits per heavy atom. The molecule has 0 atom stereocenters. The number of anilines is 1. The summed E-state index contributed by atoms with van der Waals surface area (Å²) in [7, 11) is 0. The van der Waals surface area contributed by atoms with Gasteiger partial charge >= 0.3 is 6.09 Å². The smallest absolute Gasteiger partial charge is 0.414 e. The van der Waals surface area contributed by atoms with E-state index in [0.29, 0.717) is 0 Å². The SMILES string of the molecule is CCOC(=O)NC(=O)/C(C#N)=C\Nc1ccccc1. The summed E-state index contributed by atoms with van der Waals surface area (Å²) in [6.07, 6.45) is 0.345. The van der Waals surface area contributed by atoms with E-state index < -0.39 is 12.0 Å². The van der Waals surface area contributed by atoms with Gasteiger partial charge in [0.15, 0.2) is 0 Å². The Bertz CT molecular complexity index is 518. The number of rotatable bonds is 4. The van der Waals surface area contributed by atoms with E-state index in [-0.39, 0.29) is 12.2 Å². The first-order valence-electron chi connectivity index (χ1n) is 5.57. The maximum Gasteiger partial charge on any atom is 0.414 e. The summed E-state index contributed by atoms with van der Waals surface area (Å²) in [4.78, 5) is 22.6. The summed E-state index contributed by atoms with van der Waals surface area (Å²) in [5, 5.41) is 13.6. The normalized spacial score (nSPS) is 10.2. The lowest BCUT2D eigenvalue weighted by atomic mass is 10.3. The van der Waals surface area contributed by atoms with E-state index >= 15 is 0 Å². The third-order valence-electron chi connectivity index (χ3n) is 2.01. The molecule has 1 aromatic carbocycles. The van der Waals surface area contributed by atoms with Gasteiger partial charge in [0.1, 0.15) is 11.6 Å². The molecule has 1 rings (SSSR count). The van der Waals surface area contributed by atoms with Crippen molar-refractivity contribution in [2.24, 2.45) is 0 Å². The Morgan fingerprint density at radius 2 is 2.05 bits per heavy atom. The minimum atomic E-state index is -0.881. The fourth-order valence-electron chi connectivity index (χ4n) is 1.17. The summed E-state index contributed by atoms with van der Waals surface area (Å²) >= 11 is 0. The number of ether oxygens (including phenoxy) is 1. The van der Waals surface area contributed by atoms with Gasteiger partial charge in [-0.05, 0) is 19.1 Å². The molecule has 0 saturated carbocycles. The second-order valence-corrected chi connectivity index (χ2v) is 3.35. The van der Waals surface area contributed by atoms with Crippen LogP contribution in [0.15, 0.2) is 42.1 Å². The average Bonchev–Trinajstić information content (AvgIpc) is 2.40. The summed E-state index contributed by atoms with van der Waals surface area (Å²) in [6, 6.07) is 10.7. The van der Waals surface area contributed by atoms with Crippen molar-refractivity contribution >= 4 is 17.7 Å². The van der Waals surface area contributed by atoms with Crippen LogP contribution in [0.4, 0.5) is 10.5 Å². The molecule has 2 amide bonds. The Kier molecular flexibility index (Phi) is 5.63. The molecule has 6 heteroatoms. The molecule has 1 aromatic rings. The molecule has 0 aromatic heterocycles. The van der Waals surface area contributed by atoms with Crippen LogP contribution in [0.5, 0.6) is 0 Å². The van der Waals surface area contributed by atoms with Gasteiger partial charge in [0.05, 0.1) is 6.61 Å². The van der Waals surface area contributed by atoms with Crippen molar-refractivity contribution in [1.29, 1.82) is 5.26 Å². The topological polar surface area (TPSA) is 91.2 Å². The molecule has 0 bridgehead atoms. The van der Waals surface area contributed by atoms with Crippen molar-refractivity contribution in [3.8, 4) is 6.07 Å². The number of hydrogen-bond donors (Lipinski definition) is 2. The second kappa shape index (κ2) is 7.50. The Hall–Kier alpha value is -2.81. The fourth-order valence-corrected chi connectivity index (χ4v) is 1.17. The highest BCUT2D eigenvalue weighted by molar-refractivity contribution is 6.05. The minimum Gasteiger partial charge on any atom is -0.450 e. The van der Waals surface area contributed by atoms with E-state index in [1.807, 2.05) is 11.4 Å². The van der Waals surface area contributed by atoms with Crippen LogP contribution >= 0.6 is 0 Å². The Labute approximate surface area is 110 Å². The minimum absolute atomic E-state index is 0.146. The first-order chi connectivity index (χ1) is 9.17. The third kappa shape index (κ3) is 4.91. The number of nitriles is 1. The van der Waals surface area contributed by atoms with Crippen LogP contribution in [0.3, 0.4) is 0 Å². The van der Waals surface area contributed by atoms with Crippen molar-refractivity contribution in [3.05, 3.63) is 42.1 Å². The predicted octanol–water partition coefficient (Wildman–Crippen LogP) is 1.78. The molecule has 0 aliphatic rings. The zero-order chi connectivity index (χ0) is 14.1. The fraction of sp³-hybridized carbons (Fsp3) is 0.154. The highest BCUT2D eigenvalue weighted by Gasteiger charge is 2.13. The molecule has 2 N–H and O–H groups in total. The lowest BCUT2D eigenvalue weighted by Crippen LogP contribution is -2.32.